The summed E-state index contributed by atoms with van der Waals surface area (Å²) in [5.74, 6) is -3.67. The summed E-state index contributed by atoms with van der Waals surface area (Å²) < 4.78 is 0. The lowest BCUT2D eigenvalue weighted by molar-refractivity contribution is 0.402. The standard InChI is InChI=1S/C30H30O8/c1-14-8-19(31)12-26(37)28(14)29(18-5-7-23(34)25(36)10-18)16(3)21-11-20(32)13-27(38)30(21)15(2)17-4-6-22(33)24(35)9-17/h4-13,15-16,29,31-38H,1-3H3/t15-,16+,29-/m1/s1. The second-order valence-electron chi connectivity index (χ2n) is 9.65. The van der Waals surface area contributed by atoms with Crippen LogP contribution < -0.4 is 0 Å². The van der Waals surface area contributed by atoms with E-state index in [9.17, 15) is 40.9 Å². The van der Waals surface area contributed by atoms with E-state index in [2.05, 4.69) is 0 Å². The highest BCUT2D eigenvalue weighted by Gasteiger charge is 2.32. The van der Waals surface area contributed by atoms with Gasteiger partial charge < -0.3 is 40.9 Å². The fraction of sp³-hybridized carbons (Fsp3) is 0.200. The topological polar surface area (TPSA) is 162 Å². The molecule has 0 unspecified atom stereocenters. The minimum Gasteiger partial charge on any atom is -0.508 e. The van der Waals surface area contributed by atoms with Gasteiger partial charge >= 0.3 is 0 Å². The Labute approximate surface area is 219 Å². The number of aryl methyl sites for hydroxylation is 1. The molecular weight excluding hydrogens is 488 g/mol. The number of hydrogen-bond acceptors (Lipinski definition) is 8. The quantitative estimate of drug-likeness (QED) is 0.150. The van der Waals surface area contributed by atoms with Gasteiger partial charge in [0.05, 0.1) is 0 Å². The van der Waals surface area contributed by atoms with Crippen molar-refractivity contribution in [2.24, 2.45) is 0 Å². The van der Waals surface area contributed by atoms with Crippen LogP contribution in [0.4, 0.5) is 0 Å². The summed E-state index contributed by atoms with van der Waals surface area (Å²) in [5, 5.41) is 82.4. The van der Waals surface area contributed by atoms with Crippen LogP contribution in [0.1, 0.15) is 65.0 Å². The van der Waals surface area contributed by atoms with Crippen molar-refractivity contribution in [3.63, 3.8) is 0 Å². The van der Waals surface area contributed by atoms with E-state index in [1.54, 1.807) is 26.0 Å². The van der Waals surface area contributed by atoms with Crippen molar-refractivity contribution in [3.05, 3.63) is 94.0 Å². The van der Waals surface area contributed by atoms with E-state index < -0.39 is 17.8 Å². The molecule has 198 valence electrons. The molecule has 0 aliphatic rings. The molecule has 38 heavy (non-hydrogen) atoms. The molecule has 0 bridgehead atoms. The van der Waals surface area contributed by atoms with Crippen molar-refractivity contribution >= 4 is 0 Å². The predicted molar refractivity (Wildman–Crippen MR) is 142 cm³/mol. The van der Waals surface area contributed by atoms with Gasteiger partial charge in [0.25, 0.3) is 0 Å². The van der Waals surface area contributed by atoms with Crippen LogP contribution in [-0.2, 0) is 0 Å². The Balaban J connectivity index is 1.97. The molecule has 8 heteroatoms. The molecule has 4 aromatic rings. The maximum Gasteiger partial charge on any atom is 0.157 e. The molecule has 3 atom stereocenters. The van der Waals surface area contributed by atoms with E-state index in [1.165, 1.54) is 48.5 Å². The molecule has 0 spiro atoms. The zero-order valence-electron chi connectivity index (χ0n) is 21.1. The third kappa shape index (κ3) is 4.80. The van der Waals surface area contributed by atoms with Crippen molar-refractivity contribution in [2.45, 2.75) is 38.5 Å². The van der Waals surface area contributed by atoms with Gasteiger partial charge in [-0.1, -0.05) is 26.0 Å². The van der Waals surface area contributed by atoms with Crippen LogP contribution in [0.5, 0.6) is 46.0 Å². The molecule has 0 fully saturated rings. The lowest BCUT2D eigenvalue weighted by Gasteiger charge is -2.31. The van der Waals surface area contributed by atoms with Crippen molar-refractivity contribution < 1.29 is 40.9 Å². The van der Waals surface area contributed by atoms with E-state index in [1.807, 2.05) is 6.92 Å². The van der Waals surface area contributed by atoms with Crippen molar-refractivity contribution in [2.75, 3.05) is 0 Å². The van der Waals surface area contributed by atoms with Gasteiger partial charge in [0.2, 0.25) is 0 Å². The highest BCUT2D eigenvalue weighted by molar-refractivity contribution is 5.58. The third-order valence-electron chi connectivity index (χ3n) is 7.12. The molecule has 8 N–H and O–H groups in total. The van der Waals surface area contributed by atoms with Crippen molar-refractivity contribution in [3.8, 4) is 46.0 Å². The molecule has 4 rings (SSSR count). The Morgan fingerprint density at radius 2 is 1.00 bits per heavy atom. The van der Waals surface area contributed by atoms with Gasteiger partial charge in [0.1, 0.15) is 23.0 Å². The van der Waals surface area contributed by atoms with Gasteiger partial charge in [-0.05, 0) is 71.5 Å². The average Bonchev–Trinajstić information content (AvgIpc) is 2.83. The molecule has 0 aliphatic heterocycles. The SMILES string of the molecule is Cc1cc(O)cc(O)c1[C@@H](c1ccc(O)c(O)c1)[C@@H](C)c1cc(O)cc(O)c1[C@H](C)c1ccc(O)c(O)c1. The van der Waals surface area contributed by atoms with E-state index >= 15 is 0 Å². The summed E-state index contributed by atoms with van der Waals surface area (Å²) >= 11 is 0. The molecule has 4 aromatic carbocycles. The first kappa shape index (κ1) is 26.3. The van der Waals surface area contributed by atoms with E-state index in [0.29, 0.717) is 33.4 Å². The van der Waals surface area contributed by atoms with Gasteiger partial charge in [0.15, 0.2) is 23.0 Å². The number of aromatic hydroxyl groups is 8. The number of benzene rings is 4. The maximum atomic E-state index is 11.0. The Bertz CT molecular complexity index is 1490. The Morgan fingerprint density at radius 3 is 1.55 bits per heavy atom. The fourth-order valence-corrected chi connectivity index (χ4v) is 5.25. The van der Waals surface area contributed by atoms with Crippen LogP contribution in [0.3, 0.4) is 0 Å². The average molecular weight is 519 g/mol. The summed E-state index contributed by atoms with van der Waals surface area (Å²) in [6.45, 7) is 5.36. The molecule has 0 aromatic heterocycles. The van der Waals surface area contributed by atoms with E-state index in [-0.39, 0.29) is 46.0 Å². The summed E-state index contributed by atoms with van der Waals surface area (Å²) in [6, 6.07) is 14.1. The van der Waals surface area contributed by atoms with Gasteiger partial charge in [-0.2, -0.15) is 0 Å². The second kappa shape index (κ2) is 9.97. The summed E-state index contributed by atoms with van der Waals surface area (Å²) in [4.78, 5) is 0. The highest BCUT2D eigenvalue weighted by Crippen LogP contribution is 2.50. The van der Waals surface area contributed by atoms with E-state index in [4.69, 9.17) is 0 Å². The van der Waals surface area contributed by atoms with Gasteiger partial charge in [-0.3, -0.25) is 0 Å². The van der Waals surface area contributed by atoms with Gasteiger partial charge in [-0.15, -0.1) is 0 Å². The molecule has 8 nitrogen and oxygen atoms in total. The smallest absolute Gasteiger partial charge is 0.157 e. The Morgan fingerprint density at radius 1 is 0.500 bits per heavy atom. The van der Waals surface area contributed by atoms with Crippen LogP contribution in [0.25, 0.3) is 0 Å². The summed E-state index contributed by atoms with van der Waals surface area (Å²) in [6.07, 6.45) is 0. The van der Waals surface area contributed by atoms with Crippen LogP contribution in [0, 0.1) is 6.92 Å². The minimum atomic E-state index is -0.664. The third-order valence-corrected chi connectivity index (χ3v) is 7.12. The lowest BCUT2D eigenvalue weighted by Crippen LogP contribution is -2.15. The first-order valence-electron chi connectivity index (χ1n) is 12.0. The van der Waals surface area contributed by atoms with Crippen LogP contribution >= 0.6 is 0 Å². The van der Waals surface area contributed by atoms with Crippen molar-refractivity contribution in [1.82, 2.24) is 0 Å². The van der Waals surface area contributed by atoms with Crippen LogP contribution in [0.15, 0.2) is 60.7 Å². The van der Waals surface area contributed by atoms with Crippen molar-refractivity contribution in [1.29, 1.82) is 0 Å². The molecule has 0 radical (unpaired) electrons. The van der Waals surface area contributed by atoms with Crippen LogP contribution in [-0.4, -0.2) is 40.9 Å². The van der Waals surface area contributed by atoms with E-state index in [0.717, 1.165) is 0 Å². The summed E-state index contributed by atoms with van der Waals surface area (Å²) in [7, 11) is 0. The fourth-order valence-electron chi connectivity index (χ4n) is 5.25. The first-order valence-corrected chi connectivity index (χ1v) is 12.0. The maximum absolute atomic E-state index is 11.0. The largest absolute Gasteiger partial charge is 0.508 e. The normalized spacial score (nSPS) is 13.7. The molecule has 0 amide bonds. The monoisotopic (exact) mass is 518 g/mol. The zero-order valence-corrected chi connectivity index (χ0v) is 21.1. The molecular formula is C30H30O8. The number of phenols is 8. The molecule has 0 saturated carbocycles. The lowest BCUT2D eigenvalue weighted by atomic mass is 9.73. The van der Waals surface area contributed by atoms with Crippen LogP contribution in [0.2, 0.25) is 0 Å². The summed E-state index contributed by atoms with van der Waals surface area (Å²) in [5.41, 5.74) is 3.10. The Kier molecular flexibility index (Phi) is 6.91. The molecule has 0 aliphatic carbocycles. The highest BCUT2D eigenvalue weighted by atomic mass is 16.3. The molecule has 0 saturated heterocycles. The molecule has 0 heterocycles. The van der Waals surface area contributed by atoms with Gasteiger partial charge in [-0.25, -0.2) is 0 Å². The predicted octanol–water partition coefficient (Wildman–Crippen LogP) is 5.73. The Hall–Kier alpha value is -4.72. The minimum absolute atomic E-state index is 0.125. The second-order valence-corrected chi connectivity index (χ2v) is 9.65. The number of rotatable bonds is 6. The zero-order chi connectivity index (χ0) is 27.9. The first-order chi connectivity index (χ1) is 17.9. The van der Waals surface area contributed by atoms with Gasteiger partial charge in [0, 0.05) is 35.1 Å². The number of hydrogen-bond donors (Lipinski definition) is 8. The number of phenolic OH excluding ortho intramolecular Hbond substituents is 8.